The second-order valence-corrected chi connectivity index (χ2v) is 3.63. The van der Waals surface area contributed by atoms with Crippen LogP contribution in [0.2, 0.25) is 0 Å². The number of hydrogen-bond donors (Lipinski definition) is 0. The van der Waals surface area contributed by atoms with Crippen molar-refractivity contribution in [2.45, 2.75) is 26.2 Å². The van der Waals surface area contributed by atoms with Gasteiger partial charge < -0.3 is 4.74 Å². The molecule has 94 valence electrons. The number of ether oxygens (including phenoxy) is 1. The summed E-state index contributed by atoms with van der Waals surface area (Å²) >= 11 is 0. The van der Waals surface area contributed by atoms with E-state index >= 15 is 0 Å². The van der Waals surface area contributed by atoms with Gasteiger partial charge in [-0.15, -0.1) is 0 Å². The minimum absolute atomic E-state index is 0.417. The Bertz CT molecular complexity index is 349. The van der Waals surface area contributed by atoms with Gasteiger partial charge in [0, 0.05) is 0 Å². The Balaban J connectivity index is 2.36. The molecule has 0 bridgehead atoms. The average molecular weight is 238 g/mol. The number of carbonyl (C=O) groups is 1. The zero-order valence-corrected chi connectivity index (χ0v) is 10.3. The lowest BCUT2D eigenvalue weighted by Crippen LogP contribution is -2.07. The van der Waals surface area contributed by atoms with E-state index in [4.69, 9.17) is 9.62 Å². The van der Waals surface area contributed by atoms with Crippen LogP contribution in [-0.4, -0.2) is 19.7 Å². The summed E-state index contributed by atoms with van der Waals surface area (Å²) in [6, 6.07) is 6.75. The zero-order valence-electron chi connectivity index (χ0n) is 10.3. The fourth-order valence-electron chi connectivity index (χ4n) is 1.30. The van der Waals surface area contributed by atoms with Gasteiger partial charge in [-0.2, -0.15) is 4.89 Å². The predicted molar refractivity (Wildman–Crippen MR) is 63.9 cm³/mol. The van der Waals surface area contributed by atoms with E-state index in [1.165, 1.54) is 0 Å². The standard InChI is InChI=1S/C13H18O4/c1-3-4-5-9-16-17-13(14)11-7-6-8-12(10-11)15-2/h6-8,10H,3-5,9H2,1-2H3. The Morgan fingerprint density at radius 1 is 1.29 bits per heavy atom. The fraction of sp³-hybridized carbons (Fsp3) is 0.462. The summed E-state index contributed by atoms with van der Waals surface area (Å²) in [6.07, 6.45) is 3.06. The van der Waals surface area contributed by atoms with Gasteiger partial charge in [-0.3, -0.25) is 4.89 Å². The Labute approximate surface area is 101 Å². The van der Waals surface area contributed by atoms with Crippen LogP contribution in [0.5, 0.6) is 5.75 Å². The molecule has 0 aliphatic heterocycles. The fourth-order valence-corrected chi connectivity index (χ4v) is 1.30. The third-order valence-electron chi connectivity index (χ3n) is 2.27. The van der Waals surface area contributed by atoms with Gasteiger partial charge in [0.2, 0.25) is 0 Å². The highest BCUT2D eigenvalue weighted by atomic mass is 17.2. The lowest BCUT2D eigenvalue weighted by atomic mass is 10.2. The first-order valence-electron chi connectivity index (χ1n) is 5.75. The maximum absolute atomic E-state index is 11.5. The van der Waals surface area contributed by atoms with Crippen molar-refractivity contribution < 1.29 is 19.3 Å². The molecule has 0 radical (unpaired) electrons. The summed E-state index contributed by atoms with van der Waals surface area (Å²) in [7, 11) is 1.55. The summed E-state index contributed by atoms with van der Waals surface area (Å²) in [5.74, 6) is 0.117. The molecule has 0 aliphatic rings. The maximum Gasteiger partial charge on any atom is 0.373 e. The van der Waals surface area contributed by atoms with Gasteiger partial charge in [0.25, 0.3) is 0 Å². The summed E-state index contributed by atoms with van der Waals surface area (Å²) in [5, 5.41) is 0. The van der Waals surface area contributed by atoms with Gasteiger partial charge in [0.1, 0.15) is 5.75 Å². The summed E-state index contributed by atoms with van der Waals surface area (Å²) in [4.78, 5) is 21.1. The number of methoxy groups -OCH3 is 1. The number of unbranched alkanes of at least 4 members (excludes halogenated alkanes) is 2. The first-order valence-corrected chi connectivity index (χ1v) is 5.75. The molecule has 0 aliphatic carbocycles. The lowest BCUT2D eigenvalue weighted by Gasteiger charge is -2.04. The van der Waals surface area contributed by atoms with E-state index in [0.29, 0.717) is 17.9 Å². The van der Waals surface area contributed by atoms with Crippen molar-refractivity contribution in [2.24, 2.45) is 0 Å². The highest BCUT2D eigenvalue weighted by molar-refractivity contribution is 5.89. The van der Waals surface area contributed by atoms with E-state index in [0.717, 1.165) is 19.3 Å². The van der Waals surface area contributed by atoms with Crippen LogP contribution < -0.4 is 4.74 Å². The van der Waals surface area contributed by atoms with Crippen LogP contribution in [0.4, 0.5) is 0 Å². The minimum atomic E-state index is -0.500. The topological polar surface area (TPSA) is 44.8 Å². The third-order valence-corrected chi connectivity index (χ3v) is 2.27. The highest BCUT2D eigenvalue weighted by Crippen LogP contribution is 2.13. The molecule has 0 saturated heterocycles. The lowest BCUT2D eigenvalue weighted by molar-refractivity contribution is -0.241. The molecule has 1 aromatic carbocycles. The molecule has 0 spiro atoms. The van der Waals surface area contributed by atoms with Crippen molar-refractivity contribution in [3.05, 3.63) is 29.8 Å². The van der Waals surface area contributed by atoms with E-state index in [2.05, 4.69) is 11.8 Å². The van der Waals surface area contributed by atoms with E-state index in [1.807, 2.05) is 0 Å². The van der Waals surface area contributed by atoms with Crippen LogP contribution in [-0.2, 0) is 9.78 Å². The minimum Gasteiger partial charge on any atom is -0.497 e. The van der Waals surface area contributed by atoms with Gasteiger partial charge in [-0.25, -0.2) is 4.79 Å². The molecule has 0 atom stereocenters. The number of hydrogen-bond acceptors (Lipinski definition) is 4. The van der Waals surface area contributed by atoms with Gasteiger partial charge in [-0.05, 0) is 24.6 Å². The first-order chi connectivity index (χ1) is 8.27. The predicted octanol–water partition coefficient (Wildman–Crippen LogP) is 2.97. The van der Waals surface area contributed by atoms with E-state index in [9.17, 15) is 4.79 Å². The van der Waals surface area contributed by atoms with Gasteiger partial charge in [0.15, 0.2) is 0 Å². The van der Waals surface area contributed by atoms with Crippen LogP contribution in [0.15, 0.2) is 24.3 Å². The number of rotatable bonds is 7. The van der Waals surface area contributed by atoms with Crippen molar-refractivity contribution >= 4 is 5.97 Å². The SMILES string of the molecule is CCCCCOOC(=O)c1cccc(OC)c1. The van der Waals surface area contributed by atoms with E-state index < -0.39 is 5.97 Å². The number of carbonyl (C=O) groups excluding carboxylic acids is 1. The molecule has 0 amide bonds. The molecule has 0 aromatic heterocycles. The van der Waals surface area contributed by atoms with Crippen LogP contribution >= 0.6 is 0 Å². The van der Waals surface area contributed by atoms with Crippen LogP contribution in [0, 0.1) is 0 Å². The summed E-state index contributed by atoms with van der Waals surface area (Å²) in [6.45, 7) is 2.53. The maximum atomic E-state index is 11.5. The Kier molecular flexibility index (Phi) is 6.10. The quantitative estimate of drug-likeness (QED) is 0.416. The van der Waals surface area contributed by atoms with Gasteiger partial charge >= 0.3 is 5.97 Å². The third kappa shape index (κ3) is 4.87. The number of benzene rings is 1. The van der Waals surface area contributed by atoms with Crippen molar-refractivity contribution in [1.82, 2.24) is 0 Å². The molecule has 1 rings (SSSR count). The molecule has 0 fully saturated rings. The van der Waals surface area contributed by atoms with Crippen LogP contribution in [0.1, 0.15) is 36.5 Å². The molecule has 1 aromatic rings. The van der Waals surface area contributed by atoms with Crippen molar-refractivity contribution in [3.8, 4) is 5.75 Å². The second-order valence-electron chi connectivity index (χ2n) is 3.63. The van der Waals surface area contributed by atoms with Crippen molar-refractivity contribution in [1.29, 1.82) is 0 Å². The van der Waals surface area contributed by atoms with E-state index in [-0.39, 0.29) is 0 Å². The van der Waals surface area contributed by atoms with E-state index in [1.54, 1.807) is 31.4 Å². The van der Waals surface area contributed by atoms with Crippen LogP contribution in [0.3, 0.4) is 0 Å². The van der Waals surface area contributed by atoms with Crippen LogP contribution in [0.25, 0.3) is 0 Å². The largest absolute Gasteiger partial charge is 0.497 e. The molecular formula is C13H18O4. The smallest absolute Gasteiger partial charge is 0.373 e. The molecule has 0 saturated carbocycles. The summed E-state index contributed by atoms with van der Waals surface area (Å²) < 4.78 is 5.01. The van der Waals surface area contributed by atoms with Crippen molar-refractivity contribution in [3.63, 3.8) is 0 Å². The molecule has 0 unspecified atom stereocenters. The molecular weight excluding hydrogens is 220 g/mol. The molecule has 17 heavy (non-hydrogen) atoms. The molecule has 4 heteroatoms. The second kappa shape index (κ2) is 7.68. The monoisotopic (exact) mass is 238 g/mol. The molecule has 4 nitrogen and oxygen atoms in total. The normalized spacial score (nSPS) is 10.0. The molecule has 0 heterocycles. The summed E-state index contributed by atoms with van der Waals surface area (Å²) in [5.41, 5.74) is 0.417. The first kappa shape index (κ1) is 13.5. The van der Waals surface area contributed by atoms with Gasteiger partial charge in [-0.1, -0.05) is 25.8 Å². The molecule has 0 N–H and O–H groups in total. The Morgan fingerprint density at radius 2 is 2.12 bits per heavy atom. The Hall–Kier alpha value is -1.55. The van der Waals surface area contributed by atoms with Crippen molar-refractivity contribution in [2.75, 3.05) is 13.7 Å². The Morgan fingerprint density at radius 3 is 2.82 bits per heavy atom. The van der Waals surface area contributed by atoms with Gasteiger partial charge in [0.05, 0.1) is 19.3 Å². The highest BCUT2D eigenvalue weighted by Gasteiger charge is 2.08. The zero-order chi connectivity index (χ0) is 12.5. The average Bonchev–Trinajstić information content (AvgIpc) is 2.38.